The van der Waals surface area contributed by atoms with E-state index in [1.165, 1.54) is 18.3 Å². The van der Waals surface area contributed by atoms with Crippen molar-refractivity contribution in [3.63, 3.8) is 0 Å². The Kier molecular flexibility index (Phi) is 5.37. The van der Waals surface area contributed by atoms with Crippen LogP contribution in [-0.2, 0) is 11.2 Å². The van der Waals surface area contributed by atoms with Crippen LogP contribution in [0.25, 0.3) is 10.6 Å². The number of hydrogen-bond acceptors (Lipinski definition) is 5. The third kappa shape index (κ3) is 3.50. The zero-order valence-electron chi connectivity index (χ0n) is 16.8. The summed E-state index contributed by atoms with van der Waals surface area (Å²) in [4.78, 5) is 31.8. The maximum Gasteiger partial charge on any atom is 0.274 e. The van der Waals surface area contributed by atoms with Crippen molar-refractivity contribution < 1.29 is 9.59 Å². The first kappa shape index (κ1) is 19.5. The zero-order chi connectivity index (χ0) is 19.9. The van der Waals surface area contributed by atoms with Crippen LogP contribution in [0.1, 0.15) is 74.7 Å². The van der Waals surface area contributed by atoms with Crippen molar-refractivity contribution in [1.29, 1.82) is 0 Å². The molecule has 2 heterocycles. The first-order valence-electron chi connectivity index (χ1n) is 9.40. The molecule has 0 saturated heterocycles. The molecule has 7 nitrogen and oxygen atoms in total. The Hall–Kier alpha value is -2.22. The Balaban J connectivity index is 2.16. The number of fused-ring (bicyclic) bond motifs is 3. The largest absolute Gasteiger partial charge is 0.340 e. The Morgan fingerprint density at radius 2 is 2.11 bits per heavy atom. The Labute approximate surface area is 163 Å². The highest BCUT2D eigenvalue weighted by atomic mass is 32.1. The van der Waals surface area contributed by atoms with Gasteiger partial charge in [-0.2, -0.15) is 5.10 Å². The van der Waals surface area contributed by atoms with Gasteiger partial charge in [0.2, 0.25) is 5.91 Å². The van der Waals surface area contributed by atoms with Crippen molar-refractivity contribution in [2.45, 2.75) is 59.4 Å². The molecule has 1 atom stereocenters. The molecular formula is C19H27N5O2S. The zero-order valence-corrected chi connectivity index (χ0v) is 17.6. The molecule has 1 unspecified atom stereocenters. The van der Waals surface area contributed by atoms with Gasteiger partial charge in [-0.25, -0.2) is 4.98 Å². The molecule has 2 amide bonds. The average Bonchev–Trinajstić information content (AvgIpc) is 3.15. The fourth-order valence-corrected chi connectivity index (χ4v) is 4.65. The molecule has 146 valence electrons. The lowest BCUT2D eigenvalue weighted by molar-refractivity contribution is -0.114. The minimum atomic E-state index is -0.135. The average molecular weight is 390 g/mol. The highest BCUT2D eigenvalue weighted by Gasteiger charge is 2.36. The van der Waals surface area contributed by atoms with Crippen LogP contribution in [0.2, 0.25) is 0 Å². The lowest BCUT2D eigenvalue weighted by Crippen LogP contribution is -2.29. The number of nitrogens with zero attached hydrogens (tertiary/aromatic N) is 4. The van der Waals surface area contributed by atoms with Crippen LogP contribution in [0.4, 0.5) is 5.13 Å². The molecule has 2 aromatic heterocycles. The van der Waals surface area contributed by atoms with Gasteiger partial charge in [-0.3, -0.25) is 14.3 Å². The van der Waals surface area contributed by atoms with E-state index in [4.69, 9.17) is 5.10 Å². The third-order valence-corrected chi connectivity index (χ3v) is 5.75. The number of nitrogens with one attached hydrogen (secondary N) is 1. The van der Waals surface area contributed by atoms with Crippen LogP contribution in [0.5, 0.6) is 0 Å². The monoisotopic (exact) mass is 389 g/mol. The maximum absolute atomic E-state index is 13.0. The summed E-state index contributed by atoms with van der Waals surface area (Å²) in [5.41, 5.74) is 3.48. The van der Waals surface area contributed by atoms with Crippen molar-refractivity contribution in [2.24, 2.45) is 0 Å². The third-order valence-electron chi connectivity index (χ3n) is 4.73. The first-order valence-corrected chi connectivity index (χ1v) is 10.2. The fraction of sp³-hybridized carbons (Fsp3) is 0.579. The predicted molar refractivity (Wildman–Crippen MR) is 107 cm³/mol. The molecule has 0 aliphatic heterocycles. The summed E-state index contributed by atoms with van der Waals surface area (Å²) in [5.74, 6) is -0.0283. The number of hydrogen-bond donors (Lipinski definition) is 1. The molecule has 3 rings (SSSR count). The van der Waals surface area contributed by atoms with Gasteiger partial charge in [0.15, 0.2) is 10.8 Å². The van der Waals surface area contributed by atoms with Crippen LogP contribution in [0.15, 0.2) is 0 Å². The topological polar surface area (TPSA) is 80.1 Å². The van der Waals surface area contributed by atoms with E-state index < -0.39 is 0 Å². The molecule has 1 aliphatic rings. The minimum absolute atomic E-state index is 0.0330. The molecule has 27 heavy (non-hydrogen) atoms. The molecule has 0 radical (unpaired) electrons. The molecule has 0 bridgehead atoms. The number of anilines is 1. The van der Waals surface area contributed by atoms with Crippen molar-refractivity contribution in [3.8, 4) is 10.6 Å². The van der Waals surface area contributed by atoms with Crippen molar-refractivity contribution in [2.75, 3.05) is 18.9 Å². The second kappa shape index (κ2) is 7.42. The van der Waals surface area contributed by atoms with Crippen LogP contribution < -0.4 is 5.32 Å². The molecule has 8 heteroatoms. The van der Waals surface area contributed by atoms with E-state index in [1.807, 2.05) is 11.7 Å². The maximum atomic E-state index is 13.0. The van der Waals surface area contributed by atoms with Gasteiger partial charge in [0.05, 0.1) is 16.3 Å². The van der Waals surface area contributed by atoms with Crippen molar-refractivity contribution in [1.82, 2.24) is 19.7 Å². The van der Waals surface area contributed by atoms with E-state index in [2.05, 4.69) is 38.0 Å². The summed E-state index contributed by atoms with van der Waals surface area (Å²) >= 11 is 1.45. The van der Waals surface area contributed by atoms with Crippen molar-refractivity contribution in [3.05, 3.63) is 17.0 Å². The second-order valence-corrected chi connectivity index (χ2v) is 8.46. The number of amides is 2. The number of carbonyl (C=O) groups is 2. The summed E-state index contributed by atoms with van der Waals surface area (Å²) in [6, 6.07) is 0.112. The van der Waals surface area contributed by atoms with E-state index in [-0.39, 0.29) is 23.8 Å². The normalized spacial score (nSPS) is 15.4. The van der Waals surface area contributed by atoms with Gasteiger partial charge in [-0.1, -0.05) is 25.2 Å². The van der Waals surface area contributed by atoms with Crippen molar-refractivity contribution >= 4 is 28.3 Å². The number of thiazole rings is 1. The van der Waals surface area contributed by atoms with Gasteiger partial charge in [0.1, 0.15) is 0 Å². The molecule has 0 saturated carbocycles. The molecule has 0 spiro atoms. The van der Waals surface area contributed by atoms with Crippen LogP contribution in [0.3, 0.4) is 0 Å². The first-order chi connectivity index (χ1) is 12.7. The predicted octanol–water partition coefficient (Wildman–Crippen LogP) is 3.69. The van der Waals surface area contributed by atoms with Crippen LogP contribution in [-0.4, -0.2) is 45.1 Å². The number of rotatable bonds is 5. The van der Waals surface area contributed by atoms with Crippen LogP contribution in [0, 0.1) is 0 Å². The van der Waals surface area contributed by atoms with E-state index in [9.17, 15) is 9.59 Å². The molecule has 1 N–H and O–H groups in total. The van der Waals surface area contributed by atoms with E-state index in [1.54, 1.807) is 4.90 Å². The molecule has 2 aromatic rings. The Morgan fingerprint density at radius 1 is 1.41 bits per heavy atom. The molecule has 0 fully saturated rings. The van der Waals surface area contributed by atoms with Gasteiger partial charge in [0, 0.05) is 32.1 Å². The van der Waals surface area contributed by atoms with Gasteiger partial charge in [0.25, 0.3) is 5.91 Å². The summed E-state index contributed by atoms with van der Waals surface area (Å²) in [6.45, 7) is 10.5. The highest BCUT2D eigenvalue weighted by molar-refractivity contribution is 7.19. The quantitative estimate of drug-likeness (QED) is 0.846. The number of carbonyl (C=O) groups excluding carboxylic acids is 2. The van der Waals surface area contributed by atoms with E-state index in [0.717, 1.165) is 34.7 Å². The summed E-state index contributed by atoms with van der Waals surface area (Å²) in [6.07, 6.45) is 1.64. The summed E-state index contributed by atoms with van der Waals surface area (Å²) in [5, 5.41) is 8.11. The van der Waals surface area contributed by atoms with Crippen LogP contribution >= 0.6 is 11.3 Å². The standard InChI is InChI=1S/C19H27N5O2S/c1-7-8-23(6)18(26)15-14-11(4)9-13-17(16(14)24(22-15)10(2)3)27-19(21-13)20-12(5)25/h10-11H,7-9H2,1-6H3,(H,20,21,25). The number of aromatic nitrogens is 3. The molecule has 0 aromatic carbocycles. The molecular weight excluding hydrogens is 362 g/mol. The molecule has 1 aliphatic carbocycles. The Bertz CT molecular complexity index is 883. The SMILES string of the molecule is CCCN(C)C(=O)c1nn(C(C)C)c2c1C(C)Cc1nc(NC(C)=O)sc1-2. The second-order valence-electron chi connectivity index (χ2n) is 7.46. The van der Waals surface area contributed by atoms with Gasteiger partial charge < -0.3 is 10.2 Å². The fourth-order valence-electron chi connectivity index (χ4n) is 3.56. The minimum Gasteiger partial charge on any atom is -0.340 e. The van der Waals surface area contributed by atoms with E-state index >= 15 is 0 Å². The highest BCUT2D eigenvalue weighted by Crippen LogP contribution is 2.46. The van der Waals surface area contributed by atoms with Gasteiger partial charge in [-0.15, -0.1) is 0 Å². The Morgan fingerprint density at radius 3 is 2.70 bits per heavy atom. The van der Waals surface area contributed by atoms with E-state index in [0.29, 0.717) is 17.4 Å². The summed E-state index contributed by atoms with van der Waals surface area (Å²) < 4.78 is 1.94. The summed E-state index contributed by atoms with van der Waals surface area (Å²) in [7, 11) is 1.83. The smallest absolute Gasteiger partial charge is 0.274 e. The lowest BCUT2D eigenvalue weighted by atomic mass is 9.87. The van der Waals surface area contributed by atoms with Gasteiger partial charge in [-0.05, 0) is 32.6 Å². The van der Waals surface area contributed by atoms with Gasteiger partial charge >= 0.3 is 0 Å². The lowest BCUT2D eigenvalue weighted by Gasteiger charge is -2.22.